The van der Waals surface area contributed by atoms with Gasteiger partial charge in [-0.2, -0.15) is 0 Å². The molecule has 7 heteroatoms. The number of carbonyl (C=O) groups excluding carboxylic acids is 1. The topological polar surface area (TPSA) is 90.7 Å². The van der Waals surface area contributed by atoms with Crippen LogP contribution < -0.4 is 14.8 Å². The lowest BCUT2D eigenvalue weighted by atomic mass is 9.89. The number of amides is 1. The summed E-state index contributed by atoms with van der Waals surface area (Å²) in [6, 6.07) is 10.9. The van der Waals surface area contributed by atoms with E-state index in [0.717, 1.165) is 5.56 Å². The summed E-state index contributed by atoms with van der Waals surface area (Å²) >= 11 is 0. The Bertz CT molecular complexity index is 863. The van der Waals surface area contributed by atoms with Gasteiger partial charge in [-0.15, -0.1) is 0 Å². The molecular formula is C19H20N2O5. The molecule has 1 heterocycles. The predicted molar refractivity (Wildman–Crippen MR) is 95.6 cm³/mol. The number of nitro groups is 1. The van der Waals surface area contributed by atoms with Gasteiger partial charge in [0.25, 0.3) is 11.6 Å². The summed E-state index contributed by atoms with van der Waals surface area (Å²) in [5.74, 6) is 0.966. The molecule has 0 aromatic heterocycles. The van der Waals surface area contributed by atoms with Crippen molar-refractivity contribution in [3.8, 4) is 11.5 Å². The average molecular weight is 356 g/mol. The fraction of sp³-hybridized carbons (Fsp3) is 0.316. The fourth-order valence-electron chi connectivity index (χ4n) is 3.09. The normalized spacial score (nSPS) is 17.6. The molecule has 0 fully saturated rings. The molecule has 0 bridgehead atoms. The molecule has 136 valence electrons. The predicted octanol–water partition coefficient (Wildman–Crippen LogP) is 3.64. The fourth-order valence-corrected chi connectivity index (χ4v) is 3.09. The first-order valence-corrected chi connectivity index (χ1v) is 8.21. The summed E-state index contributed by atoms with van der Waals surface area (Å²) in [5.41, 5.74) is 0.512. The number of nitro benzene ring substituents is 1. The van der Waals surface area contributed by atoms with Crippen LogP contribution in [-0.2, 0) is 0 Å². The maximum Gasteiger partial charge on any atom is 0.270 e. The third kappa shape index (κ3) is 3.61. The number of hydrogen-bond acceptors (Lipinski definition) is 5. The summed E-state index contributed by atoms with van der Waals surface area (Å²) in [4.78, 5) is 23.0. The second-order valence-corrected chi connectivity index (χ2v) is 6.80. The van der Waals surface area contributed by atoms with E-state index in [1.54, 1.807) is 19.2 Å². The van der Waals surface area contributed by atoms with E-state index in [1.807, 2.05) is 26.0 Å². The Morgan fingerprint density at radius 3 is 2.77 bits per heavy atom. The van der Waals surface area contributed by atoms with Gasteiger partial charge in [0.2, 0.25) is 0 Å². The molecule has 1 N–H and O–H groups in total. The average Bonchev–Trinajstić information content (AvgIpc) is 2.60. The third-order valence-electron chi connectivity index (χ3n) is 4.30. The van der Waals surface area contributed by atoms with Crippen molar-refractivity contribution >= 4 is 11.6 Å². The first kappa shape index (κ1) is 17.7. The highest BCUT2D eigenvalue weighted by Crippen LogP contribution is 2.41. The molecule has 2 aromatic rings. The summed E-state index contributed by atoms with van der Waals surface area (Å²) in [6.45, 7) is 3.89. The zero-order valence-electron chi connectivity index (χ0n) is 14.8. The van der Waals surface area contributed by atoms with Crippen molar-refractivity contribution in [1.82, 2.24) is 5.32 Å². The van der Waals surface area contributed by atoms with Gasteiger partial charge in [0, 0.05) is 35.7 Å². The van der Waals surface area contributed by atoms with Crippen molar-refractivity contribution in [3.63, 3.8) is 0 Å². The first-order valence-electron chi connectivity index (χ1n) is 8.21. The number of benzene rings is 2. The highest BCUT2D eigenvalue weighted by Gasteiger charge is 2.35. The van der Waals surface area contributed by atoms with Crippen LogP contribution in [0.15, 0.2) is 42.5 Å². The molecule has 1 atom stereocenters. The number of ether oxygens (including phenoxy) is 2. The molecule has 0 spiro atoms. The van der Waals surface area contributed by atoms with E-state index in [-0.39, 0.29) is 23.2 Å². The lowest BCUT2D eigenvalue weighted by molar-refractivity contribution is -0.384. The molecule has 1 aliphatic rings. The number of fused-ring (bicyclic) bond motifs is 1. The first-order chi connectivity index (χ1) is 12.3. The molecule has 2 aromatic carbocycles. The second kappa shape index (κ2) is 6.67. The summed E-state index contributed by atoms with van der Waals surface area (Å²) in [5, 5.41) is 13.9. The van der Waals surface area contributed by atoms with E-state index in [0.29, 0.717) is 17.9 Å². The number of rotatable bonds is 4. The van der Waals surface area contributed by atoms with Crippen LogP contribution in [0.1, 0.15) is 42.2 Å². The lowest BCUT2D eigenvalue weighted by Gasteiger charge is -2.38. The Hall–Kier alpha value is -3.09. The van der Waals surface area contributed by atoms with Crippen LogP contribution in [0, 0.1) is 10.1 Å². The maximum atomic E-state index is 12.6. The van der Waals surface area contributed by atoms with Crippen LogP contribution in [-0.4, -0.2) is 23.5 Å². The largest absolute Gasteiger partial charge is 0.497 e. The van der Waals surface area contributed by atoms with Crippen LogP contribution in [0.3, 0.4) is 0 Å². The van der Waals surface area contributed by atoms with Gasteiger partial charge in [-0.05, 0) is 32.0 Å². The van der Waals surface area contributed by atoms with Gasteiger partial charge in [-0.25, -0.2) is 0 Å². The third-order valence-corrected chi connectivity index (χ3v) is 4.30. The molecule has 0 aliphatic carbocycles. The summed E-state index contributed by atoms with van der Waals surface area (Å²) in [6.07, 6.45) is 0.576. The van der Waals surface area contributed by atoms with Crippen LogP contribution in [0.4, 0.5) is 5.69 Å². The molecule has 7 nitrogen and oxygen atoms in total. The Balaban J connectivity index is 1.89. The van der Waals surface area contributed by atoms with Crippen LogP contribution in [0.5, 0.6) is 11.5 Å². The minimum absolute atomic E-state index is 0.116. The Morgan fingerprint density at radius 2 is 2.08 bits per heavy atom. The molecular weight excluding hydrogens is 336 g/mol. The van der Waals surface area contributed by atoms with E-state index in [9.17, 15) is 14.9 Å². The van der Waals surface area contributed by atoms with Crippen LogP contribution in [0.25, 0.3) is 0 Å². The van der Waals surface area contributed by atoms with Gasteiger partial charge >= 0.3 is 0 Å². The van der Waals surface area contributed by atoms with Crippen molar-refractivity contribution < 1.29 is 19.2 Å². The number of methoxy groups -OCH3 is 1. The van der Waals surface area contributed by atoms with Gasteiger partial charge < -0.3 is 14.8 Å². The van der Waals surface area contributed by atoms with Gasteiger partial charge in [0.15, 0.2) is 0 Å². The van der Waals surface area contributed by atoms with Gasteiger partial charge in [-0.1, -0.05) is 6.07 Å². The molecule has 0 saturated carbocycles. The van der Waals surface area contributed by atoms with Crippen molar-refractivity contribution in [2.45, 2.75) is 31.9 Å². The standard InChI is InChI=1S/C19H20N2O5/c1-19(2)11-16(15-8-7-14(25-3)10-17(15)26-19)20-18(22)12-5-4-6-13(9-12)21(23)24/h4-10,16H,11H2,1-3H3,(H,20,22)/t16-/m0/s1. The van der Waals surface area contributed by atoms with Crippen molar-refractivity contribution in [1.29, 1.82) is 0 Å². The molecule has 0 unspecified atom stereocenters. The Kier molecular flexibility index (Phi) is 4.54. The highest BCUT2D eigenvalue weighted by atomic mass is 16.6. The molecule has 1 aliphatic heterocycles. The Labute approximate surface area is 151 Å². The second-order valence-electron chi connectivity index (χ2n) is 6.80. The van der Waals surface area contributed by atoms with Crippen LogP contribution >= 0.6 is 0 Å². The van der Waals surface area contributed by atoms with Gasteiger partial charge in [0.1, 0.15) is 17.1 Å². The van der Waals surface area contributed by atoms with Crippen molar-refractivity contribution in [3.05, 3.63) is 63.7 Å². The smallest absolute Gasteiger partial charge is 0.270 e. The number of non-ortho nitro benzene ring substituents is 1. The number of carbonyl (C=O) groups is 1. The van der Waals surface area contributed by atoms with E-state index >= 15 is 0 Å². The van der Waals surface area contributed by atoms with Crippen LogP contribution in [0.2, 0.25) is 0 Å². The van der Waals surface area contributed by atoms with Crippen molar-refractivity contribution in [2.75, 3.05) is 7.11 Å². The number of hydrogen-bond donors (Lipinski definition) is 1. The van der Waals surface area contributed by atoms with Crippen molar-refractivity contribution in [2.24, 2.45) is 0 Å². The lowest BCUT2D eigenvalue weighted by Crippen LogP contribution is -2.41. The summed E-state index contributed by atoms with van der Waals surface area (Å²) in [7, 11) is 1.58. The number of nitrogens with zero attached hydrogens (tertiary/aromatic N) is 1. The van der Waals surface area contributed by atoms with E-state index < -0.39 is 10.5 Å². The van der Waals surface area contributed by atoms with Gasteiger partial charge in [-0.3, -0.25) is 14.9 Å². The molecule has 1 amide bonds. The van der Waals surface area contributed by atoms with E-state index in [1.165, 1.54) is 18.2 Å². The minimum Gasteiger partial charge on any atom is -0.497 e. The minimum atomic E-state index is -0.518. The molecule has 26 heavy (non-hydrogen) atoms. The zero-order valence-corrected chi connectivity index (χ0v) is 14.8. The zero-order chi connectivity index (χ0) is 18.9. The molecule has 3 rings (SSSR count). The summed E-state index contributed by atoms with van der Waals surface area (Å²) < 4.78 is 11.2. The number of nitrogens with one attached hydrogen (secondary N) is 1. The molecule has 0 saturated heterocycles. The van der Waals surface area contributed by atoms with E-state index in [4.69, 9.17) is 9.47 Å². The highest BCUT2D eigenvalue weighted by molar-refractivity contribution is 5.95. The SMILES string of the molecule is COc1ccc2c(c1)OC(C)(C)C[C@@H]2NC(=O)c1cccc([N+](=O)[O-])c1. The van der Waals surface area contributed by atoms with Gasteiger partial charge in [0.05, 0.1) is 18.1 Å². The maximum absolute atomic E-state index is 12.6. The monoisotopic (exact) mass is 356 g/mol. The Morgan fingerprint density at radius 1 is 1.31 bits per heavy atom. The quantitative estimate of drug-likeness (QED) is 0.667. The van der Waals surface area contributed by atoms with E-state index in [2.05, 4.69) is 5.32 Å². The molecule has 0 radical (unpaired) electrons.